The molecule has 3 aromatic carbocycles. The number of anilines is 1. The molecule has 0 aliphatic carbocycles. The van der Waals surface area contributed by atoms with Crippen LogP contribution in [0.15, 0.2) is 72.8 Å². The molecule has 1 unspecified atom stereocenters. The molecular formula is C29H29N5O4. The maximum absolute atomic E-state index is 13.4. The number of carbonyl (C=O) groups is 2. The van der Waals surface area contributed by atoms with Crippen LogP contribution in [0.1, 0.15) is 39.9 Å². The van der Waals surface area contributed by atoms with E-state index < -0.39 is 11.8 Å². The Morgan fingerprint density at radius 3 is 2.66 bits per heavy atom. The van der Waals surface area contributed by atoms with Crippen molar-refractivity contribution < 1.29 is 19.4 Å². The zero-order valence-corrected chi connectivity index (χ0v) is 20.8. The molecule has 1 saturated heterocycles. The van der Waals surface area contributed by atoms with Gasteiger partial charge in [0, 0.05) is 23.2 Å². The summed E-state index contributed by atoms with van der Waals surface area (Å²) in [6.07, 6.45) is 1.40. The Morgan fingerprint density at radius 1 is 1.08 bits per heavy atom. The predicted molar refractivity (Wildman–Crippen MR) is 142 cm³/mol. The van der Waals surface area contributed by atoms with Crippen LogP contribution in [0.3, 0.4) is 0 Å². The second-order valence-corrected chi connectivity index (χ2v) is 9.83. The molecule has 1 atom stereocenters. The van der Waals surface area contributed by atoms with Gasteiger partial charge in [-0.2, -0.15) is 0 Å². The second-order valence-electron chi connectivity index (χ2n) is 9.83. The van der Waals surface area contributed by atoms with Crippen molar-refractivity contribution in [2.24, 2.45) is 5.92 Å². The number of carbonyl (C=O) groups excluding carboxylic acids is 2. The number of nitrogens with one attached hydrogen (secondary N) is 3. The summed E-state index contributed by atoms with van der Waals surface area (Å²) in [7, 11) is 0. The van der Waals surface area contributed by atoms with E-state index in [0.29, 0.717) is 40.2 Å². The summed E-state index contributed by atoms with van der Waals surface area (Å²) >= 11 is 0. The lowest BCUT2D eigenvalue weighted by atomic mass is 9.93. The van der Waals surface area contributed by atoms with Gasteiger partial charge in [0.1, 0.15) is 0 Å². The number of piperidine rings is 1. The number of fused-ring (bicyclic) bond motifs is 2. The quantitative estimate of drug-likeness (QED) is 0.311. The number of rotatable bonds is 6. The topological polar surface area (TPSA) is 120 Å². The van der Waals surface area contributed by atoms with E-state index in [1.165, 1.54) is 4.90 Å². The van der Waals surface area contributed by atoms with Gasteiger partial charge >= 0.3 is 6.09 Å². The van der Waals surface area contributed by atoms with Crippen molar-refractivity contribution in [3.05, 3.63) is 95.1 Å². The number of imidazole rings is 1. The lowest BCUT2D eigenvalue weighted by Crippen LogP contribution is -2.44. The Kier molecular flexibility index (Phi) is 6.30. The molecule has 4 aromatic rings. The monoisotopic (exact) mass is 511 g/mol. The molecule has 0 bridgehead atoms. The van der Waals surface area contributed by atoms with Crippen LogP contribution in [-0.4, -0.2) is 51.7 Å². The largest absolute Gasteiger partial charge is 0.449 e. The predicted octanol–water partition coefficient (Wildman–Crippen LogP) is 3.96. The van der Waals surface area contributed by atoms with Gasteiger partial charge in [-0.3, -0.25) is 15.0 Å². The van der Waals surface area contributed by atoms with Crippen molar-refractivity contribution in [2.45, 2.75) is 25.1 Å². The van der Waals surface area contributed by atoms with Crippen molar-refractivity contribution in [3.63, 3.8) is 0 Å². The standard InChI is InChI=1S/C29H29N5O4/c35-26-22-8-4-5-9-23(22)29(37,34(26)17-19-6-2-1-3-7-19)21-10-11-24-25(16-21)32-27(31-24)33-28(36)38-18-20-12-14-30-15-13-20/h1-11,16,20,30,37H,12-15,17-18H2,(H2,31,32,33,36). The molecule has 6 rings (SSSR count). The van der Waals surface area contributed by atoms with Crippen molar-refractivity contribution in [1.29, 1.82) is 0 Å². The smallest absolute Gasteiger partial charge is 0.413 e. The molecule has 9 heteroatoms. The summed E-state index contributed by atoms with van der Waals surface area (Å²) in [5.41, 5.74) is 1.96. The summed E-state index contributed by atoms with van der Waals surface area (Å²) in [4.78, 5) is 34.8. The highest BCUT2D eigenvalue weighted by Gasteiger charge is 2.49. The van der Waals surface area contributed by atoms with Gasteiger partial charge in [0.05, 0.1) is 17.6 Å². The summed E-state index contributed by atoms with van der Waals surface area (Å²) in [5, 5.41) is 18.1. The van der Waals surface area contributed by atoms with Crippen LogP contribution in [-0.2, 0) is 17.0 Å². The van der Waals surface area contributed by atoms with Crippen molar-refractivity contribution in [1.82, 2.24) is 20.2 Å². The Hall–Kier alpha value is -4.21. The molecule has 4 N–H and O–H groups in total. The van der Waals surface area contributed by atoms with Gasteiger partial charge in [0.15, 0.2) is 5.72 Å². The summed E-state index contributed by atoms with van der Waals surface area (Å²) in [6.45, 7) is 2.48. The average molecular weight is 512 g/mol. The third-order valence-electron chi connectivity index (χ3n) is 7.37. The number of aliphatic hydroxyl groups is 1. The van der Waals surface area contributed by atoms with Crippen LogP contribution in [0.2, 0.25) is 0 Å². The summed E-state index contributed by atoms with van der Waals surface area (Å²) in [5.74, 6) is 0.371. The second kappa shape index (κ2) is 9.92. The SMILES string of the molecule is O=C(Nc1nc2ccc(C3(O)c4ccccc4C(=O)N3Cc3ccccc3)cc2[nH]1)OCC1CCNCC1. The van der Waals surface area contributed by atoms with E-state index in [2.05, 4.69) is 20.6 Å². The Bertz CT molecular complexity index is 1480. The molecule has 38 heavy (non-hydrogen) atoms. The van der Waals surface area contributed by atoms with Gasteiger partial charge in [-0.15, -0.1) is 0 Å². The number of nitrogens with zero attached hydrogens (tertiary/aromatic N) is 2. The zero-order chi connectivity index (χ0) is 26.1. The number of amides is 2. The number of aromatic nitrogens is 2. The third-order valence-corrected chi connectivity index (χ3v) is 7.37. The van der Waals surface area contributed by atoms with Crippen LogP contribution < -0.4 is 10.6 Å². The first-order chi connectivity index (χ1) is 18.5. The van der Waals surface area contributed by atoms with Crippen molar-refractivity contribution >= 4 is 29.0 Å². The highest BCUT2D eigenvalue weighted by molar-refractivity contribution is 6.00. The summed E-state index contributed by atoms with van der Waals surface area (Å²) in [6, 6.07) is 22.0. The fourth-order valence-electron chi connectivity index (χ4n) is 5.34. The lowest BCUT2D eigenvalue weighted by Gasteiger charge is -2.35. The van der Waals surface area contributed by atoms with Gasteiger partial charge in [-0.05, 0) is 55.6 Å². The minimum Gasteiger partial charge on any atom is -0.449 e. The van der Waals surface area contributed by atoms with Gasteiger partial charge in [-0.25, -0.2) is 9.78 Å². The normalized spacial score (nSPS) is 19.5. The highest BCUT2D eigenvalue weighted by Crippen LogP contribution is 2.43. The Labute approximate surface area is 219 Å². The number of benzene rings is 3. The van der Waals surface area contributed by atoms with Crippen LogP contribution >= 0.6 is 0 Å². The molecule has 1 fully saturated rings. The molecule has 1 aromatic heterocycles. The fourth-order valence-corrected chi connectivity index (χ4v) is 5.34. The number of hydrogen-bond donors (Lipinski definition) is 4. The number of aromatic amines is 1. The molecule has 2 aliphatic heterocycles. The maximum atomic E-state index is 13.4. The molecule has 194 valence electrons. The van der Waals surface area contributed by atoms with Crippen LogP contribution in [0, 0.1) is 5.92 Å². The first kappa shape index (κ1) is 24.1. The van der Waals surface area contributed by atoms with Crippen LogP contribution in [0.5, 0.6) is 0 Å². The van der Waals surface area contributed by atoms with E-state index in [0.717, 1.165) is 31.5 Å². The molecular weight excluding hydrogens is 482 g/mol. The highest BCUT2D eigenvalue weighted by atomic mass is 16.5. The zero-order valence-electron chi connectivity index (χ0n) is 20.8. The molecule has 0 radical (unpaired) electrons. The van der Waals surface area contributed by atoms with E-state index in [4.69, 9.17) is 4.74 Å². The van der Waals surface area contributed by atoms with E-state index in [1.807, 2.05) is 36.4 Å². The molecule has 2 aliphatic rings. The third kappa shape index (κ3) is 4.40. The molecule has 3 heterocycles. The van der Waals surface area contributed by atoms with Crippen molar-refractivity contribution in [3.8, 4) is 0 Å². The van der Waals surface area contributed by atoms with Crippen LogP contribution in [0.4, 0.5) is 10.7 Å². The molecule has 2 amide bonds. The first-order valence-electron chi connectivity index (χ1n) is 12.8. The number of hydrogen-bond acceptors (Lipinski definition) is 6. The lowest BCUT2D eigenvalue weighted by molar-refractivity contribution is -0.0542. The summed E-state index contributed by atoms with van der Waals surface area (Å²) < 4.78 is 5.40. The Morgan fingerprint density at radius 2 is 1.84 bits per heavy atom. The van der Waals surface area contributed by atoms with Gasteiger partial charge in [0.25, 0.3) is 5.91 Å². The number of ether oxygens (including phenoxy) is 1. The van der Waals surface area contributed by atoms with E-state index in [9.17, 15) is 14.7 Å². The fraction of sp³-hybridized carbons (Fsp3) is 0.276. The van der Waals surface area contributed by atoms with E-state index in [-0.39, 0.29) is 18.4 Å². The maximum Gasteiger partial charge on any atom is 0.413 e. The first-order valence-corrected chi connectivity index (χ1v) is 12.8. The van der Waals surface area contributed by atoms with E-state index in [1.54, 1.807) is 36.4 Å². The average Bonchev–Trinajstić information content (AvgIpc) is 3.45. The number of H-pyrrole nitrogens is 1. The Balaban J connectivity index is 1.27. The van der Waals surface area contributed by atoms with Crippen molar-refractivity contribution in [2.75, 3.05) is 25.0 Å². The van der Waals surface area contributed by atoms with Gasteiger partial charge in [0.2, 0.25) is 5.95 Å². The minimum atomic E-state index is -1.68. The molecule has 0 spiro atoms. The van der Waals surface area contributed by atoms with Gasteiger partial charge < -0.3 is 20.1 Å². The minimum absolute atomic E-state index is 0.238. The molecule has 9 nitrogen and oxygen atoms in total. The van der Waals surface area contributed by atoms with Gasteiger partial charge in [-0.1, -0.05) is 54.6 Å². The van der Waals surface area contributed by atoms with Crippen LogP contribution in [0.25, 0.3) is 11.0 Å². The van der Waals surface area contributed by atoms with E-state index >= 15 is 0 Å². The molecule has 0 saturated carbocycles.